The topological polar surface area (TPSA) is 75.0 Å². The molecule has 27 heavy (non-hydrogen) atoms. The van der Waals surface area contributed by atoms with Gasteiger partial charge in [0.1, 0.15) is 11.6 Å². The molecule has 0 bridgehead atoms. The lowest BCUT2D eigenvalue weighted by atomic mass is 9.85. The quantitative estimate of drug-likeness (QED) is 0.850. The predicted molar refractivity (Wildman–Crippen MR) is 103 cm³/mol. The molecule has 1 heterocycles. The number of nitrogens with one attached hydrogen (secondary N) is 1. The van der Waals surface area contributed by atoms with E-state index < -0.39 is 0 Å². The van der Waals surface area contributed by atoms with Gasteiger partial charge in [0.2, 0.25) is 5.88 Å². The van der Waals surface area contributed by atoms with Gasteiger partial charge in [0, 0.05) is 6.54 Å². The molecule has 140 valence electrons. The van der Waals surface area contributed by atoms with E-state index in [9.17, 15) is 10.1 Å². The van der Waals surface area contributed by atoms with Gasteiger partial charge in [-0.05, 0) is 48.3 Å². The predicted octanol–water partition coefficient (Wildman–Crippen LogP) is 3.65. The second kappa shape index (κ2) is 8.68. The summed E-state index contributed by atoms with van der Waals surface area (Å²) in [5.74, 6) is 0.309. The highest BCUT2D eigenvalue weighted by atomic mass is 16.5. The molecule has 0 atom stereocenters. The molecule has 5 nitrogen and oxygen atoms in total. The highest BCUT2D eigenvalue weighted by Gasteiger charge is 2.24. The summed E-state index contributed by atoms with van der Waals surface area (Å²) in [6.07, 6.45) is 4.03. The van der Waals surface area contributed by atoms with Crippen LogP contribution in [0, 0.1) is 11.3 Å². The third-order valence-electron chi connectivity index (χ3n) is 4.85. The van der Waals surface area contributed by atoms with E-state index in [0.29, 0.717) is 12.1 Å². The number of carbonyl (C=O) groups excluding carboxylic acids is 1. The fourth-order valence-electron chi connectivity index (χ4n) is 3.50. The van der Waals surface area contributed by atoms with E-state index in [2.05, 4.69) is 30.2 Å². The van der Waals surface area contributed by atoms with E-state index in [4.69, 9.17) is 4.74 Å². The number of benzene rings is 1. The summed E-state index contributed by atoms with van der Waals surface area (Å²) in [5, 5.41) is 12.5. The zero-order valence-corrected chi connectivity index (χ0v) is 15.9. The molecule has 1 aromatic carbocycles. The van der Waals surface area contributed by atoms with Gasteiger partial charge < -0.3 is 10.1 Å². The van der Waals surface area contributed by atoms with E-state index in [1.165, 1.54) is 5.56 Å². The SMILES string of the molecule is CC(C)c1nc(OCC(=O)NCc2ccccc2)c(C#N)c2c1CCCC2. The Kier molecular flexibility index (Phi) is 6.08. The van der Waals surface area contributed by atoms with Crippen LogP contribution in [0.1, 0.15) is 60.6 Å². The van der Waals surface area contributed by atoms with Crippen molar-refractivity contribution in [3.63, 3.8) is 0 Å². The van der Waals surface area contributed by atoms with Gasteiger partial charge >= 0.3 is 0 Å². The molecule has 1 aliphatic carbocycles. The number of amides is 1. The maximum Gasteiger partial charge on any atom is 0.258 e. The molecule has 1 N–H and O–H groups in total. The first kappa shape index (κ1) is 18.9. The molecule has 5 heteroatoms. The lowest BCUT2D eigenvalue weighted by molar-refractivity contribution is -0.123. The van der Waals surface area contributed by atoms with E-state index >= 15 is 0 Å². The lowest BCUT2D eigenvalue weighted by Crippen LogP contribution is -2.29. The van der Waals surface area contributed by atoms with E-state index in [1.54, 1.807) is 0 Å². The second-order valence-corrected chi connectivity index (χ2v) is 7.16. The summed E-state index contributed by atoms with van der Waals surface area (Å²) in [4.78, 5) is 16.8. The van der Waals surface area contributed by atoms with Crippen LogP contribution in [-0.2, 0) is 24.2 Å². The van der Waals surface area contributed by atoms with Crippen LogP contribution < -0.4 is 10.1 Å². The Bertz CT molecular complexity index is 854. The van der Waals surface area contributed by atoms with Crippen LogP contribution in [0.3, 0.4) is 0 Å². The van der Waals surface area contributed by atoms with Gasteiger partial charge in [-0.15, -0.1) is 0 Å². The van der Waals surface area contributed by atoms with Gasteiger partial charge in [-0.2, -0.15) is 5.26 Å². The van der Waals surface area contributed by atoms with E-state index in [1.807, 2.05) is 30.3 Å². The number of pyridine rings is 1. The van der Waals surface area contributed by atoms with Crippen molar-refractivity contribution in [2.75, 3.05) is 6.61 Å². The maximum absolute atomic E-state index is 12.2. The highest BCUT2D eigenvalue weighted by molar-refractivity contribution is 5.77. The van der Waals surface area contributed by atoms with Crippen LogP contribution >= 0.6 is 0 Å². The molecule has 0 aliphatic heterocycles. The third kappa shape index (κ3) is 4.46. The number of nitriles is 1. The lowest BCUT2D eigenvalue weighted by Gasteiger charge is -2.23. The summed E-state index contributed by atoms with van der Waals surface area (Å²) >= 11 is 0. The number of hydrogen-bond donors (Lipinski definition) is 1. The zero-order valence-electron chi connectivity index (χ0n) is 15.9. The Morgan fingerprint density at radius 1 is 1.22 bits per heavy atom. The summed E-state index contributed by atoms with van der Waals surface area (Å²) < 4.78 is 5.69. The first-order chi connectivity index (χ1) is 13.1. The number of rotatable bonds is 6. The fraction of sp³-hybridized carbons (Fsp3) is 0.409. The van der Waals surface area contributed by atoms with Crippen molar-refractivity contribution in [2.24, 2.45) is 0 Å². The summed E-state index contributed by atoms with van der Waals surface area (Å²) in [5.41, 5.74) is 4.77. The molecule has 1 aliphatic rings. The Morgan fingerprint density at radius 3 is 2.59 bits per heavy atom. The monoisotopic (exact) mass is 363 g/mol. The van der Waals surface area contributed by atoms with Gasteiger partial charge in [0.05, 0.1) is 5.69 Å². The molecule has 0 radical (unpaired) electrons. The van der Waals surface area contributed by atoms with Crippen molar-refractivity contribution in [3.8, 4) is 11.9 Å². The normalized spacial score (nSPS) is 13.0. The van der Waals surface area contributed by atoms with Crippen LogP contribution in [0.4, 0.5) is 0 Å². The maximum atomic E-state index is 12.2. The largest absolute Gasteiger partial charge is 0.467 e. The Balaban J connectivity index is 1.73. The summed E-state index contributed by atoms with van der Waals surface area (Å²) in [6, 6.07) is 12.0. The first-order valence-electron chi connectivity index (χ1n) is 9.49. The number of ether oxygens (including phenoxy) is 1. The first-order valence-corrected chi connectivity index (χ1v) is 9.49. The minimum Gasteiger partial charge on any atom is -0.467 e. The van der Waals surface area contributed by atoms with Crippen molar-refractivity contribution in [2.45, 2.75) is 52.0 Å². The molecular weight excluding hydrogens is 338 g/mol. The van der Waals surface area contributed by atoms with Gasteiger partial charge in [-0.1, -0.05) is 44.2 Å². The van der Waals surface area contributed by atoms with Gasteiger partial charge in [-0.3, -0.25) is 4.79 Å². The molecule has 1 amide bonds. The van der Waals surface area contributed by atoms with Crippen molar-refractivity contribution < 1.29 is 9.53 Å². The van der Waals surface area contributed by atoms with Gasteiger partial charge in [0.25, 0.3) is 5.91 Å². The van der Waals surface area contributed by atoms with E-state index in [0.717, 1.165) is 42.5 Å². The molecule has 0 fully saturated rings. The van der Waals surface area contributed by atoms with Crippen molar-refractivity contribution in [1.29, 1.82) is 5.26 Å². The molecule has 1 aromatic heterocycles. The van der Waals surface area contributed by atoms with Crippen molar-refractivity contribution in [3.05, 3.63) is 58.3 Å². The van der Waals surface area contributed by atoms with Crippen molar-refractivity contribution in [1.82, 2.24) is 10.3 Å². The highest BCUT2D eigenvalue weighted by Crippen LogP contribution is 2.34. The van der Waals surface area contributed by atoms with E-state index in [-0.39, 0.29) is 24.3 Å². The van der Waals surface area contributed by atoms with Crippen LogP contribution in [-0.4, -0.2) is 17.5 Å². The molecule has 0 saturated carbocycles. The minimum absolute atomic E-state index is 0.148. The van der Waals surface area contributed by atoms with Gasteiger partial charge in [0.15, 0.2) is 6.61 Å². The summed E-state index contributed by atoms with van der Waals surface area (Å²) in [6.45, 7) is 4.49. The smallest absolute Gasteiger partial charge is 0.258 e. The molecule has 0 spiro atoms. The minimum atomic E-state index is -0.228. The fourth-order valence-corrected chi connectivity index (χ4v) is 3.50. The van der Waals surface area contributed by atoms with Crippen LogP contribution in [0.25, 0.3) is 0 Å². The molecule has 0 unspecified atom stereocenters. The Hall–Kier alpha value is -2.87. The molecule has 0 saturated heterocycles. The average Bonchev–Trinajstić information content (AvgIpc) is 2.70. The zero-order chi connectivity index (χ0) is 19.2. The Morgan fingerprint density at radius 2 is 1.93 bits per heavy atom. The standard InChI is InChI=1S/C22H25N3O2/c1-15(2)21-18-11-7-6-10-17(18)19(12-23)22(25-21)27-14-20(26)24-13-16-8-4-3-5-9-16/h3-5,8-9,15H,6-7,10-11,13-14H2,1-2H3,(H,24,26). The Labute approximate surface area is 160 Å². The second-order valence-electron chi connectivity index (χ2n) is 7.16. The van der Waals surface area contributed by atoms with Crippen LogP contribution in [0.5, 0.6) is 5.88 Å². The number of carbonyl (C=O) groups is 1. The number of fused-ring (bicyclic) bond motifs is 1. The number of nitrogens with zero attached hydrogens (tertiary/aromatic N) is 2. The molecular formula is C22H25N3O2. The number of aromatic nitrogens is 1. The average molecular weight is 363 g/mol. The summed E-state index contributed by atoms with van der Waals surface area (Å²) in [7, 11) is 0. The third-order valence-corrected chi connectivity index (χ3v) is 4.85. The van der Waals surface area contributed by atoms with Crippen molar-refractivity contribution >= 4 is 5.91 Å². The number of hydrogen-bond acceptors (Lipinski definition) is 4. The van der Waals surface area contributed by atoms with Gasteiger partial charge in [-0.25, -0.2) is 4.98 Å². The van der Waals surface area contributed by atoms with Crippen LogP contribution in [0.2, 0.25) is 0 Å². The molecule has 2 aromatic rings. The molecule has 3 rings (SSSR count). The van der Waals surface area contributed by atoms with Crippen LogP contribution in [0.15, 0.2) is 30.3 Å².